The van der Waals surface area contributed by atoms with Crippen LogP contribution in [0.3, 0.4) is 0 Å². The van der Waals surface area contributed by atoms with Gasteiger partial charge in [0.15, 0.2) is 0 Å². The maximum atomic E-state index is 13.0. The molecule has 0 aliphatic heterocycles. The standard InChI is InChI=1S/C34H34Cl2N4O5/c1-22-8-12-24-6-5-7-29(33(24)38-22)45-21-26-27(35)15-16-28(32(26)36)40(3)31(42)20-37-30(41)17-11-23-9-13-25(14-10-23)34(43)39(2)18-19-44-4/h5-17H,18-21H2,1-4H3,(H,37,41)/b17-11+. The van der Waals surface area contributed by atoms with E-state index >= 15 is 0 Å². The molecule has 0 saturated heterocycles. The number of anilines is 1. The minimum Gasteiger partial charge on any atom is -0.487 e. The third kappa shape index (κ3) is 8.60. The van der Waals surface area contributed by atoms with Crippen molar-refractivity contribution in [3.05, 3.63) is 105 Å². The van der Waals surface area contributed by atoms with Gasteiger partial charge in [-0.15, -0.1) is 0 Å². The van der Waals surface area contributed by atoms with Gasteiger partial charge in [-0.2, -0.15) is 0 Å². The molecular formula is C34H34Cl2N4O5. The predicted molar refractivity (Wildman–Crippen MR) is 178 cm³/mol. The first-order valence-electron chi connectivity index (χ1n) is 14.1. The van der Waals surface area contributed by atoms with Gasteiger partial charge in [-0.1, -0.05) is 53.5 Å². The van der Waals surface area contributed by atoms with E-state index in [1.807, 2.05) is 37.3 Å². The molecule has 3 amide bonds. The summed E-state index contributed by atoms with van der Waals surface area (Å²) in [5.41, 5.74) is 3.78. The number of nitrogens with zero attached hydrogens (tertiary/aromatic N) is 3. The number of benzene rings is 3. The first-order chi connectivity index (χ1) is 21.6. The fourth-order valence-corrected chi connectivity index (χ4v) is 5.00. The molecule has 9 nitrogen and oxygen atoms in total. The Bertz CT molecular complexity index is 1730. The molecule has 0 aliphatic carbocycles. The van der Waals surface area contributed by atoms with Crippen LogP contribution in [0, 0.1) is 6.92 Å². The summed E-state index contributed by atoms with van der Waals surface area (Å²) >= 11 is 13.2. The summed E-state index contributed by atoms with van der Waals surface area (Å²) in [6.45, 7) is 2.64. The summed E-state index contributed by atoms with van der Waals surface area (Å²) in [7, 11) is 4.86. The number of aryl methyl sites for hydroxylation is 1. The van der Waals surface area contributed by atoms with Crippen LogP contribution in [0.25, 0.3) is 17.0 Å². The van der Waals surface area contributed by atoms with Crippen molar-refractivity contribution in [2.45, 2.75) is 13.5 Å². The van der Waals surface area contributed by atoms with Crippen LogP contribution in [-0.2, 0) is 20.9 Å². The fraction of sp³-hybridized carbons (Fsp3) is 0.235. The molecule has 1 N–H and O–H groups in total. The van der Waals surface area contributed by atoms with Crippen molar-refractivity contribution in [3.8, 4) is 5.75 Å². The highest BCUT2D eigenvalue weighted by Gasteiger charge is 2.19. The Hall–Kier alpha value is -4.44. The number of aromatic nitrogens is 1. The maximum absolute atomic E-state index is 13.0. The minimum atomic E-state index is -0.452. The molecule has 11 heteroatoms. The van der Waals surface area contributed by atoms with E-state index in [9.17, 15) is 14.4 Å². The number of likely N-dealkylation sites (N-methyl/N-ethyl adjacent to an activating group) is 2. The lowest BCUT2D eigenvalue weighted by Crippen LogP contribution is -2.37. The van der Waals surface area contributed by atoms with Gasteiger partial charge in [0.25, 0.3) is 5.91 Å². The highest BCUT2D eigenvalue weighted by Crippen LogP contribution is 2.35. The zero-order chi connectivity index (χ0) is 32.5. The molecule has 3 aromatic carbocycles. The molecule has 0 atom stereocenters. The summed E-state index contributed by atoms with van der Waals surface area (Å²) in [4.78, 5) is 45.4. The summed E-state index contributed by atoms with van der Waals surface area (Å²) < 4.78 is 11.1. The summed E-state index contributed by atoms with van der Waals surface area (Å²) in [5.74, 6) is -0.377. The Kier molecular flexibility index (Phi) is 11.5. The second kappa shape index (κ2) is 15.5. The van der Waals surface area contributed by atoms with Crippen LogP contribution in [0.2, 0.25) is 10.0 Å². The average Bonchev–Trinajstić information content (AvgIpc) is 3.04. The number of ether oxygens (including phenoxy) is 2. The second-order valence-corrected chi connectivity index (χ2v) is 11.1. The monoisotopic (exact) mass is 648 g/mol. The molecule has 234 valence electrons. The smallest absolute Gasteiger partial charge is 0.253 e. The fourth-order valence-electron chi connectivity index (χ4n) is 4.39. The lowest BCUT2D eigenvalue weighted by atomic mass is 10.1. The number of pyridine rings is 1. The topological polar surface area (TPSA) is 101 Å². The van der Waals surface area contributed by atoms with E-state index < -0.39 is 5.91 Å². The number of carbonyl (C=O) groups excluding carboxylic acids is 3. The Morgan fingerprint density at radius 1 is 0.978 bits per heavy atom. The Morgan fingerprint density at radius 2 is 1.73 bits per heavy atom. The molecule has 0 saturated carbocycles. The first kappa shape index (κ1) is 33.5. The van der Waals surface area contributed by atoms with Crippen LogP contribution >= 0.6 is 23.2 Å². The van der Waals surface area contributed by atoms with E-state index in [2.05, 4.69) is 10.3 Å². The third-order valence-electron chi connectivity index (χ3n) is 7.07. The number of methoxy groups -OCH3 is 1. The molecular weight excluding hydrogens is 615 g/mol. The summed E-state index contributed by atoms with van der Waals surface area (Å²) in [6, 6.07) is 19.7. The molecule has 0 fully saturated rings. The minimum absolute atomic E-state index is 0.0590. The van der Waals surface area contributed by atoms with Gasteiger partial charge < -0.3 is 24.6 Å². The molecule has 1 heterocycles. The first-order valence-corrected chi connectivity index (χ1v) is 14.9. The summed E-state index contributed by atoms with van der Waals surface area (Å²) in [6.07, 6.45) is 2.92. The third-order valence-corrected chi connectivity index (χ3v) is 7.85. The second-order valence-electron chi connectivity index (χ2n) is 10.3. The highest BCUT2D eigenvalue weighted by molar-refractivity contribution is 6.38. The number of carbonyl (C=O) groups is 3. The normalized spacial score (nSPS) is 11.1. The van der Waals surface area contributed by atoms with Crippen LogP contribution in [0.5, 0.6) is 5.75 Å². The van der Waals surface area contributed by atoms with Gasteiger partial charge in [0.2, 0.25) is 11.8 Å². The predicted octanol–water partition coefficient (Wildman–Crippen LogP) is 5.94. The number of para-hydroxylation sites is 1. The van der Waals surface area contributed by atoms with Gasteiger partial charge in [-0.05, 0) is 55.0 Å². The molecule has 0 spiro atoms. The van der Waals surface area contributed by atoms with Crippen LogP contribution in [0.4, 0.5) is 5.69 Å². The zero-order valence-corrected chi connectivity index (χ0v) is 27.0. The van der Waals surface area contributed by atoms with E-state index in [0.29, 0.717) is 40.7 Å². The molecule has 1 aromatic heterocycles. The SMILES string of the molecule is COCCN(C)C(=O)c1ccc(/C=C/C(=O)NCC(=O)N(C)c2ccc(Cl)c(COc3cccc4ccc(C)nc34)c2Cl)cc1. The van der Waals surface area contributed by atoms with Crippen LogP contribution in [0.15, 0.2) is 72.8 Å². The van der Waals surface area contributed by atoms with Crippen molar-refractivity contribution in [1.29, 1.82) is 0 Å². The van der Waals surface area contributed by atoms with E-state index in [0.717, 1.165) is 22.2 Å². The molecule has 45 heavy (non-hydrogen) atoms. The largest absolute Gasteiger partial charge is 0.487 e. The van der Waals surface area contributed by atoms with Crippen molar-refractivity contribution >= 4 is 63.6 Å². The van der Waals surface area contributed by atoms with Gasteiger partial charge in [-0.25, -0.2) is 4.98 Å². The number of halogens is 2. The van der Waals surface area contributed by atoms with Gasteiger partial charge >= 0.3 is 0 Å². The van der Waals surface area contributed by atoms with Crippen LogP contribution in [-0.4, -0.2) is 68.5 Å². The van der Waals surface area contributed by atoms with Crippen molar-refractivity contribution in [3.63, 3.8) is 0 Å². The molecule has 0 aliphatic rings. The molecule has 0 radical (unpaired) electrons. The van der Waals surface area contributed by atoms with Gasteiger partial charge in [0.05, 0.1) is 23.9 Å². The molecule has 4 aromatic rings. The van der Waals surface area contributed by atoms with Crippen LogP contribution < -0.4 is 15.0 Å². The van der Waals surface area contributed by atoms with E-state index in [1.165, 1.54) is 11.0 Å². The summed E-state index contributed by atoms with van der Waals surface area (Å²) in [5, 5.41) is 4.19. The van der Waals surface area contributed by atoms with Crippen molar-refractivity contribution in [1.82, 2.24) is 15.2 Å². The van der Waals surface area contributed by atoms with Crippen molar-refractivity contribution in [2.24, 2.45) is 0 Å². The number of rotatable bonds is 12. The molecule has 4 rings (SSSR count). The quantitative estimate of drug-likeness (QED) is 0.191. The number of fused-ring (bicyclic) bond motifs is 1. The maximum Gasteiger partial charge on any atom is 0.253 e. The van der Waals surface area contributed by atoms with Crippen molar-refractivity contribution in [2.75, 3.05) is 45.8 Å². The lowest BCUT2D eigenvalue weighted by Gasteiger charge is -2.21. The van der Waals surface area contributed by atoms with Gasteiger partial charge in [0, 0.05) is 61.1 Å². The number of hydrogen-bond acceptors (Lipinski definition) is 6. The average molecular weight is 650 g/mol. The number of hydrogen-bond donors (Lipinski definition) is 1. The Morgan fingerprint density at radius 3 is 2.47 bits per heavy atom. The lowest BCUT2D eigenvalue weighted by molar-refractivity contribution is -0.122. The highest BCUT2D eigenvalue weighted by atomic mass is 35.5. The molecule has 0 unspecified atom stereocenters. The van der Waals surface area contributed by atoms with Crippen molar-refractivity contribution < 1.29 is 23.9 Å². The Balaban J connectivity index is 1.34. The van der Waals surface area contributed by atoms with Gasteiger partial charge in [-0.3, -0.25) is 14.4 Å². The molecule has 0 bridgehead atoms. The Labute approximate surface area is 272 Å². The van der Waals surface area contributed by atoms with E-state index in [4.69, 9.17) is 32.7 Å². The number of amides is 3. The van der Waals surface area contributed by atoms with Crippen LogP contribution in [0.1, 0.15) is 27.2 Å². The zero-order valence-electron chi connectivity index (χ0n) is 25.5. The van der Waals surface area contributed by atoms with E-state index in [1.54, 1.807) is 68.6 Å². The van der Waals surface area contributed by atoms with E-state index in [-0.39, 0.29) is 30.0 Å². The number of nitrogens with one attached hydrogen (secondary N) is 1. The van der Waals surface area contributed by atoms with Gasteiger partial charge in [0.1, 0.15) is 17.9 Å².